The molecule has 0 saturated heterocycles. The molecule has 0 aromatic rings. The Hall–Kier alpha value is -0.610. The minimum atomic E-state index is -0.614. The van der Waals surface area contributed by atoms with Crippen molar-refractivity contribution in [3.05, 3.63) is 0 Å². The molecule has 4 heteroatoms. The number of hydrogen-bond acceptors (Lipinski definition) is 3. The SMILES string of the molecule is NC1(C(=O)N[C@H]2CCCC[C@H]2O)CC1. The lowest BCUT2D eigenvalue weighted by molar-refractivity contribution is -0.125. The van der Waals surface area contributed by atoms with Crippen LogP contribution in [0.2, 0.25) is 0 Å². The summed E-state index contributed by atoms with van der Waals surface area (Å²) in [6.07, 6.45) is 4.99. The molecule has 0 aliphatic heterocycles. The normalized spacial score (nSPS) is 35.0. The fourth-order valence-electron chi connectivity index (χ4n) is 1.95. The van der Waals surface area contributed by atoms with Crippen molar-refractivity contribution in [2.45, 2.75) is 56.2 Å². The monoisotopic (exact) mass is 198 g/mol. The molecule has 0 unspecified atom stereocenters. The first-order chi connectivity index (χ1) is 6.62. The minimum Gasteiger partial charge on any atom is -0.391 e. The number of nitrogens with one attached hydrogen (secondary N) is 1. The van der Waals surface area contributed by atoms with Gasteiger partial charge in [0.2, 0.25) is 5.91 Å². The van der Waals surface area contributed by atoms with Gasteiger partial charge >= 0.3 is 0 Å². The van der Waals surface area contributed by atoms with Gasteiger partial charge in [0.15, 0.2) is 0 Å². The topological polar surface area (TPSA) is 75.4 Å². The zero-order valence-electron chi connectivity index (χ0n) is 8.33. The van der Waals surface area contributed by atoms with Crippen LogP contribution in [0.1, 0.15) is 38.5 Å². The van der Waals surface area contributed by atoms with Crippen LogP contribution in [0.15, 0.2) is 0 Å². The molecule has 2 aliphatic rings. The smallest absolute Gasteiger partial charge is 0.240 e. The predicted molar refractivity (Wildman–Crippen MR) is 52.6 cm³/mol. The highest BCUT2D eigenvalue weighted by Gasteiger charge is 2.46. The molecule has 2 rings (SSSR count). The Bertz CT molecular complexity index is 238. The molecule has 4 N–H and O–H groups in total. The molecule has 2 aliphatic carbocycles. The van der Waals surface area contributed by atoms with E-state index in [9.17, 15) is 9.90 Å². The quantitative estimate of drug-likeness (QED) is 0.580. The summed E-state index contributed by atoms with van der Waals surface area (Å²) in [7, 11) is 0. The third-order valence-electron chi connectivity index (χ3n) is 3.29. The Morgan fingerprint density at radius 1 is 1.36 bits per heavy atom. The van der Waals surface area contributed by atoms with E-state index >= 15 is 0 Å². The van der Waals surface area contributed by atoms with E-state index in [2.05, 4.69) is 5.32 Å². The van der Waals surface area contributed by atoms with Crippen LogP contribution in [0.3, 0.4) is 0 Å². The van der Waals surface area contributed by atoms with Crippen molar-refractivity contribution in [1.29, 1.82) is 0 Å². The number of aliphatic hydroxyl groups is 1. The zero-order chi connectivity index (χ0) is 10.2. The van der Waals surface area contributed by atoms with Gasteiger partial charge < -0.3 is 16.2 Å². The molecule has 4 nitrogen and oxygen atoms in total. The molecule has 0 aromatic heterocycles. The van der Waals surface area contributed by atoms with Gasteiger partial charge in [-0.25, -0.2) is 0 Å². The molecule has 2 saturated carbocycles. The van der Waals surface area contributed by atoms with Gasteiger partial charge in [-0.3, -0.25) is 4.79 Å². The average molecular weight is 198 g/mol. The average Bonchev–Trinajstić information content (AvgIpc) is 2.89. The van der Waals surface area contributed by atoms with Crippen molar-refractivity contribution < 1.29 is 9.90 Å². The molecule has 14 heavy (non-hydrogen) atoms. The van der Waals surface area contributed by atoms with E-state index in [4.69, 9.17) is 5.73 Å². The van der Waals surface area contributed by atoms with E-state index in [0.717, 1.165) is 38.5 Å². The Kier molecular flexibility index (Phi) is 2.49. The largest absolute Gasteiger partial charge is 0.391 e. The number of amides is 1. The van der Waals surface area contributed by atoms with Gasteiger partial charge in [-0.1, -0.05) is 12.8 Å². The number of carbonyl (C=O) groups is 1. The molecule has 0 heterocycles. The molecule has 2 atom stereocenters. The zero-order valence-corrected chi connectivity index (χ0v) is 8.33. The minimum absolute atomic E-state index is 0.0720. The van der Waals surface area contributed by atoms with Crippen molar-refractivity contribution in [2.75, 3.05) is 0 Å². The van der Waals surface area contributed by atoms with Gasteiger partial charge in [-0.05, 0) is 25.7 Å². The van der Waals surface area contributed by atoms with Gasteiger partial charge in [-0.15, -0.1) is 0 Å². The standard InChI is InChI=1S/C10H18N2O2/c11-10(5-6-10)9(14)12-7-3-1-2-4-8(7)13/h7-8,13H,1-6,11H2,(H,12,14)/t7-,8+/m0/s1. The van der Waals surface area contributed by atoms with E-state index in [-0.39, 0.29) is 18.1 Å². The number of carbonyl (C=O) groups excluding carboxylic acids is 1. The van der Waals surface area contributed by atoms with Crippen LogP contribution in [-0.2, 0) is 4.79 Å². The van der Waals surface area contributed by atoms with Crippen molar-refractivity contribution in [3.8, 4) is 0 Å². The molecular formula is C10H18N2O2. The fourth-order valence-corrected chi connectivity index (χ4v) is 1.95. The Morgan fingerprint density at radius 3 is 2.57 bits per heavy atom. The lowest BCUT2D eigenvalue weighted by Gasteiger charge is -2.29. The summed E-state index contributed by atoms with van der Waals surface area (Å²) < 4.78 is 0. The number of rotatable bonds is 2. The first-order valence-electron chi connectivity index (χ1n) is 5.40. The summed E-state index contributed by atoms with van der Waals surface area (Å²) in [5.41, 5.74) is 5.15. The van der Waals surface area contributed by atoms with E-state index in [1.807, 2.05) is 0 Å². The van der Waals surface area contributed by atoms with Crippen LogP contribution in [0.5, 0.6) is 0 Å². The lowest BCUT2D eigenvalue weighted by atomic mass is 9.92. The third kappa shape index (κ3) is 1.91. The molecule has 0 bridgehead atoms. The number of aliphatic hydroxyl groups excluding tert-OH is 1. The maximum atomic E-state index is 11.6. The van der Waals surface area contributed by atoms with Gasteiger partial charge in [-0.2, -0.15) is 0 Å². The number of hydrogen-bond donors (Lipinski definition) is 3. The lowest BCUT2D eigenvalue weighted by Crippen LogP contribution is -2.51. The van der Waals surface area contributed by atoms with Crippen molar-refractivity contribution in [2.24, 2.45) is 5.73 Å². The van der Waals surface area contributed by atoms with Crippen molar-refractivity contribution >= 4 is 5.91 Å². The molecule has 1 amide bonds. The third-order valence-corrected chi connectivity index (χ3v) is 3.29. The van der Waals surface area contributed by atoms with Gasteiger partial charge in [0, 0.05) is 0 Å². The first-order valence-corrected chi connectivity index (χ1v) is 5.40. The Labute approximate surface area is 83.9 Å². The second kappa shape index (κ2) is 3.51. The molecule has 80 valence electrons. The van der Waals surface area contributed by atoms with Crippen molar-refractivity contribution in [1.82, 2.24) is 5.32 Å². The van der Waals surface area contributed by atoms with Gasteiger partial charge in [0.25, 0.3) is 0 Å². The highest BCUT2D eigenvalue weighted by atomic mass is 16.3. The van der Waals surface area contributed by atoms with Crippen LogP contribution in [0.4, 0.5) is 0 Å². The van der Waals surface area contributed by atoms with Crippen LogP contribution >= 0.6 is 0 Å². The summed E-state index contributed by atoms with van der Waals surface area (Å²) in [4.78, 5) is 11.6. The molecule has 0 radical (unpaired) electrons. The highest BCUT2D eigenvalue weighted by molar-refractivity contribution is 5.89. The summed E-state index contributed by atoms with van der Waals surface area (Å²) in [5, 5.41) is 12.5. The van der Waals surface area contributed by atoms with E-state index in [1.54, 1.807) is 0 Å². The first kappa shape index (κ1) is 9.93. The fraction of sp³-hybridized carbons (Fsp3) is 0.900. The maximum absolute atomic E-state index is 11.6. The molecular weight excluding hydrogens is 180 g/mol. The number of nitrogens with two attached hydrogens (primary N) is 1. The second-order valence-electron chi connectivity index (χ2n) is 4.59. The van der Waals surface area contributed by atoms with Crippen LogP contribution in [0, 0.1) is 0 Å². The molecule has 2 fully saturated rings. The van der Waals surface area contributed by atoms with Gasteiger partial charge in [0.05, 0.1) is 17.7 Å². The highest BCUT2D eigenvalue weighted by Crippen LogP contribution is 2.32. The van der Waals surface area contributed by atoms with E-state index in [0.29, 0.717) is 0 Å². The predicted octanol–water partition coefficient (Wildman–Crippen LogP) is -0.103. The van der Waals surface area contributed by atoms with Crippen molar-refractivity contribution in [3.63, 3.8) is 0 Å². The molecule has 0 spiro atoms. The van der Waals surface area contributed by atoms with E-state index < -0.39 is 5.54 Å². The second-order valence-corrected chi connectivity index (χ2v) is 4.59. The maximum Gasteiger partial charge on any atom is 0.240 e. The summed E-state index contributed by atoms with van der Waals surface area (Å²) in [6, 6.07) is -0.0720. The van der Waals surface area contributed by atoms with Crippen LogP contribution in [0.25, 0.3) is 0 Å². The summed E-state index contributed by atoms with van der Waals surface area (Å²) in [5.74, 6) is -0.0801. The Balaban J connectivity index is 1.86. The Morgan fingerprint density at radius 2 is 2.00 bits per heavy atom. The summed E-state index contributed by atoms with van der Waals surface area (Å²) in [6.45, 7) is 0. The van der Waals surface area contributed by atoms with Crippen LogP contribution < -0.4 is 11.1 Å². The molecule has 0 aromatic carbocycles. The summed E-state index contributed by atoms with van der Waals surface area (Å²) >= 11 is 0. The van der Waals surface area contributed by atoms with E-state index in [1.165, 1.54) is 0 Å². The van der Waals surface area contributed by atoms with Gasteiger partial charge in [0.1, 0.15) is 0 Å². The van der Waals surface area contributed by atoms with Crippen LogP contribution in [-0.4, -0.2) is 28.7 Å².